The number of carbonyl (C=O) groups is 1. The van der Waals surface area contributed by atoms with Crippen molar-refractivity contribution in [1.29, 1.82) is 0 Å². The molecule has 0 spiro atoms. The van der Waals surface area contributed by atoms with Gasteiger partial charge in [-0.25, -0.2) is 14.5 Å². The number of aromatic nitrogens is 3. The van der Waals surface area contributed by atoms with Crippen LogP contribution in [0.2, 0.25) is 0 Å². The first-order chi connectivity index (χ1) is 19.6. The third-order valence-electron chi connectivity index (χ3n) is 6.42. The van der Waals surface area contributed by atoms with Crippen LogP contribution in [-0.4, -0.2) is 59.5 Å². The average molecular weight is 697 g/mol. The molecule has 220 valence electrons. The van der Waals surface area contributed by atoms with Gasteiger partial charge in [0.25, 0.3) is 0 Å². The number of phosphoric acid groups is 1. The summed E-state index contributed by atoms with van der Waals surface area (Å²) >= 11 is 2.01. The summed E-state index contributed by atoms with van der Waals surface area (Å²) in [5, 5.41) is 13.7. The Bertz CT molecular complexity index is 1590. The molecule has 2 heterocycles. The molecule has 0 bridgehead atoms. The lowest BCUT2D eigenvalue weighted by Crippen LogP contribution is -2.28. The highest BCUT2D eigenvalue weighted by molar-refractivity contribution is 14.1. The summed E-state index contributed by atoms with van der Waals surface area (Å²) in [5.74, 6) is 0.877. The minimum atomic E-state index is -4.84. The van der Waals surface area contributed by atoms with Crippen molar-refractivity contribution in [1.82, 2.24) is 19.9 Å². The number of anilines is 1. The van der Waals surface area contributed by atoms with Crippen LogP contribution in [0.3, 0.4) is 0 Å². The second kappa shape index (κ2) is 13.8. The molecule has 0 atom stereocenters. The molecule has 4 aromatic rings. The second-order valence-electron chi connectivity index (χ2n) is 9.48. The molecule has 0 fully saturated rings. The average Bonchev–Trinajstić information content (AvgIpc) is 3.28. The van der Waals surface area contributed by atoms with Crippen LogP contribution in [-0.2, 0) is 33.5 Å². The zero-order valence-corrected chi connectivity index (χ0v) is 25.6. The summed E-state index contributed by atoms with van der Waals surface area (Å²) in [6, 6.07) is 9.94. The summed E-state index contributed by atoms with van der Waals surface area (Å²) in [6.45, 7) is 3.56. The maximum Gasteiger partial charge on any atom is 0.524 e. The van der Waals surface area contributed by atoms with E-state index in [0.717, 1.165) is 35.1 Å². The van der Waals surface area contributed by atoms with E-state index in [1.807, 2.05) is 45.4 Å². The van der Waals surface area contributed by atoms with E-state index in [9.17, 15) is 24.3 Å². The number of imidazole rings is 1. The SMILES string of the molecule is CCCCc1nc2c(N)nc3cc(CCOCCNC(=O)CI)ccc3c2n1Cc1cc(O)ccc1OP(=O)(O)O. The molecule has 12 nitrogen and oxygen atoms in total. The van der Waals surface area contributed by atoms with Gasteiger partial charge in [0, 0.05) is 23.9 Å². The number of benzene rings is 2. The number of phosphoric ester groups is 1. The number of aryl methyl sites for hydroxylation is 1. The highest BCUT2D eigenvalue weighted by Crippen LogP contribution is 2.41. The van der Waals surface area contributed by atoms with E-state index in [4.69, 9.17) is 20.0 Å². The van der Waals surface area contributed by atoms with E-state index in [1.165, 1.54) is 18.2 Å². The molecule has 0 aliphatic rings. The zero-order chi connectivity index (χ0) is 29.6. The van der Waals surface area contributed by atoms with Crippen LogP contribution in [0.5, 0.6) is 11.5 Å². The van der Waals surface area contributed by atoms with Gasteiger partial charge in [0.05, 0.1) is 35.2 Å². The molecule has 6 N–H and O–H groups in total. The van der Waals surface area contributed by atoms with Gasteiger partial charge in [-0.2, -0.15) is 0 Å². The molecule has 0 aliphatic carbocycles. The number of nitrogens with zero attached hydrogens (tertiary/aromatic N) is 3. The maximum atomic E-state index is 11.6. The Morgan fingerprint density at radius 1 is 1.15 bits per heavy atom. The van der Waals surface area contributed by atoms with E-state index in [-0.39, 0.29) is 29.8 Å². The van der Waals surface area contributed by atoms with Crippen molar-refractivity contribution in [3.05, 3.63) is 53.3 Å². The Balaban J connectivity index is 1.69. The molecular weight excluding hydrogens is 664 g/mol. The fourth-order valence-electron chi connectivity index (χ4n) is 4.53. The Morgan fingerprint density at radius 2 is 1.95 bits per heavy atom. The first-order valence-corrected chi connectivity index (χ1v) is 16.2. The van der Waals surface area contributed by atoms with Crippen LogP contribution in [0, 0.1) is 0 Å². The lowest BCUT2D eigenvalue weighted by atomic mass is 10.1. The Morgan fingerprint density at radius 3 is 2.68 bits per heavy atom. The number of phenols is 1. The highest BCUT2D eigenvalue weighted by Gasteiger charge is 2.22. The number of aromatic hydroxyl groups is 1. The number of hydrogen-bond donors (Lipinski definition) is 5. The molecule has 0 saturated heterocycles. The molecule has 0 saturated carbocycles. The number of nitrogen functional groups attached to an aromatic ring is 1. The number of phenolic OH excluding ortho intramolecular Hbond substituents is 1. The molecule has 4 rings (SSSR count). The number of unbranched alkanes of at least 4 members (excludes halogenated alkanes) is 1. The molecule has 0 radical (unpaired) electrons. The van der Waals surface area contributed by atoms with Crippen LogP contribution in [0.1, 0.15) is 36.7 Å². The van der Waals surface area contributed by atoms with Gasteiger partial charge in [-0.05, 0) is 42.7 Å². The Hall–Kier alpha value is -2.97. The summed E-state index contributed by atoms with van der Waals surface area (Å²) in [6.07, 6.45) is 3.09. The van der Waals surface area contributed by atoms with Crippen molar-refractivity contribution in [2.75, 3.05) is 29.9 Å². The summed E-state index contributed by atoms with van der Waals surface area (Å²) in [7, 11) is -4.84. The number of pyridine rings is 1. The summed E-state index contributed by atoms with van der Waals surface area (Å²) < 4.78 is 24.6. The number of carbonyl (C=O) groups excluding carboxylic acids is 1. The van der Waals surface area contributed by atoms with Crippen LogP contribution in [0.15, 0.2) is 36.4 Å². The number of halogens is 1. The third-order valence-corrected chi connectivity index (χ3v) is 7.54. The predicted molar refractivity (Wildman–Crippen MR) is 164 cm³/mol. The predicted octanol–water partition coefficient (Wildman–Crippen LogP) is 3.85. The van der Waals surface area contributed by atoms with Crippen LogP contribution in [0.25, 0.3) is 21.9 Å². The van der Waals surface area contributed by atoms with Crippen molar-refractivity contribution in [2.24, 2.45) is 0 Å². The minimum Gasteiger partial charge on any atom is -0.508 e. The van der Waals surface area contributed by atoms with Crippen molar-refractivity contribution < 1.29 is 33.5 Å². The van der Waals surface area contributed by atoms with Gasteiger partial charge >= 0.3 is 7.82 Å². The number of ether oxygens (including phenoxy) is 1. The largest absolute Gasteiger partial charge is 0.524 e. The van der Waals surface area contributed by atoms with Crippen LogP contribution >= 0.6 is 30.4 Å². The Kier molecular flexibility index (Phi) is 10.4. The van der Waals surface area contributed by atoms with E-state index in [0.29, 0.717) is 53.6 Å². The van der Waals surface area contributed by atoms with E-state index in [1.54, 1.807) is 0 Å². The number of alkyl halides is 1. The van der Waals surface area contributed by atoms with E-state index in [2.05, 4.69) is 17.2 Å². The number of amides is 1. The first-order valence-electron chi connectivity index (χ1n) is 13.1. The molecule has 2 aromatic heterocycles. The monoisotopic (exact) mass is 697 g/mol. The number of rotatable bonds is 14. The number of fused-ring (bicyclic) bond motifs is 3. The van der Waals surface area contributed by atoms with Gasteiger partial charge in [0.15, 0.2) is 5.82 Å². The fraction of sp³-hybridized carbons (Fsp3) is 0.370. The summed E-state index contributed by atoms with van der Waals surface area (Å²) in [5.41, 5.74) is 9.71. The first kappa shape index (κ1) is 31.0. The lowest BCUT2D eigenvalue weighted by molar-refractivity contribution is -0.118. The van der Waals surface area contributed by atoms with Crippen molar-refractivity contribution in [3.8, 4) is 11.5 Å². The Labute approximate surface area is 250 Å². The van der Waals surface area contributed by atoms with Gasteiger partial charge in [0.1, 0.15) is 22.8 Å². The third kappa shape index (κ3) is 8.07. The molecule has 0 unspecified atom stereocenters. The van der Waals surface area contributed by atoms with Crippen LogP contribution in [0.4, 0.5) is 5.82 Å². The quantitative estimate of drug-likeness (QED) is 0.0562. The normalized spacial score (nSPS) is 11.8. The maximum absolute atomic E-state index is 11.6. The highest BCUT2D eigenvalue weighted by atomic mass is 127. The van der Waals surface area contributed by atoms with Crippen molar-refractivity contribution in [3.63, 3.8) is 0 Å². The molecule has 2 aromatic carbocycles. The van der Waals surface area contributed by atoms with Crippen molar-refractivity contribution >= 4 is 64.1 Å². The topological polar surface area (TPSA) is 182 Å². The summed E-state index contributed by atoms with van der Waals surface area (Å²) in [4.78, 5) is 39.6. The molecule has 14 heteroatoms. The second-order valence-corrected chi connectivity index (χ2v) is 11.4. The molecule has 0 aliphatic heterocycles. The minimum absolute atomic E-state index is 0.0228. The number of nitrogens with one attached hydrogen (secondary N) is 1. The lowest BCUT2D eigenvalue weighted by Gasteiger charge is -2.16. The fourth-order valence-corrected chi connectivity index (χ4v) is 5.24. The molecule has 41 heavy (non-hydrogen) atoms. The van der Waals surface area contributed by atoms with Gasteiger partial charge in [-0.1, -0.05) is 48.1 Å². The van der Waals surface area contributed by atoms with Crippen molar-refractivity contribution in [2.45, 2.75) is 39.2 Å². The van der Waals surface area contributed by atoms with Gasteiger partial charge in [-0.3, -0.25) is 14.6 Å². The van der Waals surface area contributed by atoms with Gasteiger partial charge in [-0.15, -0.1) is 0 Å². The smallest absolute Gasteiger partial charge is 0.508 e. The number of hydrogen-bond acceptors (Lipinski definition) is 8. The standard InChI is InChI=1S/C27H33IN5O7P/c1-2-3-4-23-32-25-26(33(23)16-18-14-19(34)6-8-22(18)40-41(36,37)38)20-7-5-17(13-21(20)31-27(25)29)9-11-39-12-10-30-24(35)15-28/h5-8,13-14,34H,2-4,9-12,15-16H2,1H3,(H2,29,31)(H,30,35)(H2,36,37,38). The molecule has 1 amide bonds. The zero-order valence-electron chi connectivity index (χ0n) is 22.5. The van der Waals surface area contributed by atoms with Crippen LogP contribution < -0.4 is 15.6 Å². The van der Waals surface area contributed by atoms with Gasteiger partial charge in [0.2, 0.25) is 5.91 Å². The number of nitrogens with two attached hydrogens (primary N) is 1. The van der Waals surface area contributed by atoms with Gasteiger partial charge < -0.3 is 30.0 Å². The van der Waals surface area contributed by atoms with E-state index >= 15 is 0 Å². The van der Waals surface area contributed by atoms with E-state index < -0.39 is 7.82 Å². The molecular formula is C27H33IN5O7P.